The molecule has 2 aliphatic rings. The van der Waals surface area contributed by atoms with Gasteiger partial charge in [-0.1, -0.05) is 6.42 Å². The van der Waals surface area contributed by atoms with Crippen molar-refractivity contribution >= 4 is 5.82 Å². The van der Waals surface area contributed by atoms with Gasteiger partial charge in [0, 0.05) is 25.1 Å². The minimum absolute atomic E-state index is 0.228. The number of ether oxygens (including phenoxy) is 1. The van der Waals surface area contributed by atoms with E-state index in [9.17, 15) is 13.2 Å². The van der Waals surface area contributed by atoms with Crippen LogP contribution in [0.5, 0.6) is 5.75 Å². The Morgan fingerprint density at radius 1 is 1.07 bits per heavy atom. The smallest absolute Gasteiger partial charge is 0.406 e. The molecule has 27 heavy (non-hydrogen) atoms. The van der Waals surface area contributed by atoms with Crippen LogP contribution >= 0.6 is 0 Å². The number of halogens is 3. The van der Waals surface area contributed by atoms with E-state index in [0.717, 1.165) is 56.2 Å². The van der Waals surface area contributed by atoms with Crippen molar-refractivity contribution in [2.75, 3.05) is 31.5 Å². The molecule has 146 valence electrons. The minimum atomic E-state index is -4.68. The maximum atomic E-state index is 12.3. The molecule has 0 atom stereocenters. The van der Waals surface area contributed by atoms with Gasteiger partial charge in [0.25, 0.3) is 0 Å². The van der Waals surface area contributed by atoms with Crippen LogP contribution in [0.1, 0.15) is 30.5 Å². The van der Waals surface area contributed by atoms with Crippen LogP contribution < -0.4 is 10.1 Å². The molecule has 0 bridgehead atoms. The SMILES string of the molecule is FC(F)(F)Oc1ccc(-n2nc(CCN3CCCCC3)c3c2NCC3)cc1. The van der Waals surface area contributed by atoms with Gasteiger partial charge in [0.2, 0.25) is 0 Å². The monoisotopic (exact) mass is 380 g/mol. The van der Waals surface area contributed by atoms with E-state index < -0.39 is 6.36 Å². The highest BCUT2D eigenvalue weighted by molar-refractivity contribution is 5.57. The Bertz CT molecular complexity index is 779. The second-order valence-corrected chi connectivity index (χ2v) is 7.06. The fraction of sp³-hybridized carbons (Fsp3) is 0.526. The summed E-state index contributed by atoms with van der Waals surface area (Å²) in [6.07, 6.45) is 0.989. The van der Waals surface area contributed by atoms with Gasteiger partial charge in [-0.2, -0.15) is 5.10 Å². The van der Waals surface area contributed by atoms with Gasteiger partial charge in [0.1, 0.15) is 11.6 Å². The van der Waals surface area contributed by atoms with Crippen LogP contribution in [0.15, 0.2) is 24.3 Å². The third-order valence-electron chi connectivity index (χ3n) is 5.16. The molecule has 0 saturated carbocycles. The van der Waals surface area contributed by atoms with Gasteiger partial charge in [-0.05, 0) is 56.6 Å². The van der Waals surface area contributed by atoms with E-state index >= 15 is 0 Å². The molecule has 1 N–H and O–H groups in total. The zero-order chi connectivity index (χ0) is 18.9. The molecule has 1 fully saturated rings. The molecule has 0 spiro atoms. The third kappa shape index (κ3) is 4.21. The summed E-state index contributed by atoms with van der Waals surface area (Å²) in [5.74, 6) is 0.724. The molecule has 0 aliphatic carbocycles. The number of piperidine rings is 1. The van der Waals surface area contributed by atoms with Crippen molar-refractivity contribution in [3.63, 3.8) is 0 Å². The van der Waals surface area contributed by atoms with Crippen LogP contribution in [0.3, 0.4) is 0 Å². The summed E-state index contributed by atoms with van der Waals surface area (Å²) in [4.78, 5) is 2.49. The van der Waals surface area contributed by atoms with Gasteiger partial charge in [-0.25, -0.2) is 4.68 Å². The fourth-order valence-electron chi connectivity index (χ4n) is 3.87. The molecule has 5 nitrogen and oxygen atoms in total. The number of rotatable bonds is 5. The quantitative estimate of drug-likeness (QED) is 0.858. The van der Waals surface area contributed by atoms with Crippen molar-refractivity contribution in [3.05, 3.63) is 35.5 Å². The number of fused-ring (bicyclic) bond motifs is 1. The first kappa shape index (κ1) is 18.2. The largest absolute Gasteiger partial charge is 0.573 e. The Labute approximate surface area is 156 Å². The van der Waals surface area contributed by atoms with Crippen molar-refractivity contribution in [1.29, 1.82) is 0 Å². The Balaban J connectivity index is 1.51. The molecule has 0 radical (unpaired) electrons. The Kier molecular flexibility index (Phi) is 4.99. The predicted molar refractivity (Wildman–Crippen MR) is 96.4 cm³/mol. The number of nitrogens with one attached hydrogen (secondary N) is 1. The summed E-state index contributed by atoms with van der Waals surface area (Å²) in [7, 11) is 0. The lowest BCUT2D eigenvalue weighted by atomic mass is 10.1. The number of benzene rings is 1. The summed E-state index contributed by atoms with van der Waals surface area (Å²) in [6.45, 7) is 4.17. The van der Waals surface area contributed by atoms with Gasteiger partial charge in [-0.3, -0.25) is 0 Å². The molecule has 1 aromatic carbocycles. The number of alkyl halides is 3. The van der Waals surface area contributed by atoms with E-state index in [-0.39, 0.29) is 5.75 Å². The normalized spacial score (nSPS) is 17.6. The van der Waals surface area contributed by atoms with Gasteiger partial charge in [0.15, 0.2) is 0 Å². The minimum Gasteiger partial charge on any atom is -0.406 e. The number of likely N-dealkylation sites (tertiary alicyclic amines) is 1. The molecule has 8 heteroatoms. The average Bonchev–Trinajstić information content (AvgIpc) is 3.23. The highest BCUT2D eigenvalue weighted by Gasteiger charge is 2.31. The maximum absolute atomic E-state index is 12.3. The van der Waals surface area contributed by atoms with Crippen LogP contribution in [0.2, 0.25) is 0 Å². The van der Waals surface area contributed by atoms with Crippen LogP contribution in [-0.2, 0) is 12.8 Å². The maximum Gasteiger partial charge on any atom is 0.573 e. The van der Waals surface area contributed by atoms with Crippen molar-refractivity contribution < 1.29 is 17.9 Å². The van der Waals surface area contributed by atoms with Crippen LogP contribution in [-0.4, -0.2) is 47.2 Å². The highest BCUT2D eigenvalue weighted by Crippen LogP contribution is 2.30. The summed E-state index contributed by atoms with van der Waals surface area (Å²) >= 11 is 0. The Morgan fingerprint density at radius 2 is 1.81 bits per heavy atom. The molecule has 0 unspecified atom stereocenters. The second-order valence-electron chi connectivity index (χ2n) is 7.06. The number of hydrogen-bond donors (Lipinski definition) is 1. The van der Waals surface area contributed by atoms with E-state index in [4.69, 9.17) is 5.10 Å². The first-order valence-corrected chi connectivity index (χ1v) is 9.43. The summed E-state index contributed by atoms with van der Waals surface area (Å²) in [5.41, 5.74) is 3.03. The second kappa shape index (κ2) is 7.42. The summed E-state index contributed by atoms with van der Waals surface area (Å²) in [5, 5.41) is 8.11. The topological polar surface area (TPSA) is 42.3 Å². The van der Waals surface area contributed by atoms with E-state index in [1.54, 1.807) is 16.8 Å². The number of anilines is 1. The zero-order valence-corrected chi connectivity index (χ0v) is 15.1. The first-order valence-electron chi connectivity index (χ1n) is 9.43. The van der Waals surface area contributed by atoms with Crippen LogP contribution in [0.4, 0.5) is 19.0 Å². The summed E-state index contributed by atoms with van der Waals surface area (Å²) in [6, 6.07) is 5.84. The van der Waals surface area contributed by atoms with Gasteiger partial charge in [0.05, 0.1) is 11.4 Å². The lowest BCUT2D eigenvalue weighted by molar-refractivity contribution is -0.274. The fourth-order valence-corrected chi connectivity index (χ4v) is 3.87. The lowest BCUT2D eigenvalue weighted by Crippen LogP contribution is -2.31. The average molecular weight is 380 g/mol. The summed E-state index contributed by atoms with van der Waals surface area (Å²) < 4.78 is 42.7. The molecule has 2 aromatic rings. The van der Waals surface area contributed by atoms with Crippen LogP contribution in [0, 0.1) is 0 Å². The molecular formula is C19H23F3N4O. The van der Waals surface area contributed by atoms with Crippen molar-refractivity contribution in [1.82, 2.24) is 14.7 Å². The number of aromatic nitrogens is 2. The molecule has 2 aliphatic heterocycles. The van der Waals surface area contributed by atoms with Gasteiger partial charge >= 0.3 is 6.36 Å². The van der Waals surface area contributed by atoms with E-state index in [2.05, 4.69) is 15.0 Å². The van der Waals surface area contributed by atoms with Crippen LogP contribution in [0.25, 0.3) is 5.69 Å². The molecule has 3 heterocycles. The van der Waals surface area contributed by atoms with Gasteiger partial charge < -0.3 is 15.0 Å². The standard InChI is InChI=1S/C19H23F3N4O/c20-19(21,22)27-15-6-4-14(5-7-15)26-18-16(8-10-23-18)17(24-26)9-13-25-11-2-1-3-12-25/h4-7,23H,1-3,8-13H2. The Hall–Kier alpha value is -2.22. The van der Waals surface area contributed by atoms with Crippen molar-refractivity contribution in [3.8, 4) is 11.4 Å². The van der Waals surface area contributed by atoms with Crippen molar-refractivity contribution in [2.24, 2.45) is 0 Å². The molecule has 1 saturated heterocycles. The molecule has 4 rings (SSSR count). The first-order chi connectivity index (χ1) is 13.0. The third-order valence-corrected chi connectivity index (χ3v) is 5.16. The molecular weight excluding hydrogens is 357 g/mol. The lowest BCUT2D eigenvalue weighted by Gasteiger charge is -2.26. The number of nitrogens with zero attached hydrogens (tertiary/aromatic N) is 3. The van der Waals surface area contributed by atoms with Gasteiger partial charge in [-0.15, -0.1) is 13.2 Å². The zero-order valence-electron chi connectivity index (χ0n) is 15.1. The van der Waals surface area contributed by atoms with E-state index in [1.165, 1.54) is 37.0 Å². The van der Waals surface area contributed by atoms with E-state index in [1.807, 2.05) is 0 Å². The Morgan fingerprint density at radius 3 is 2.52 bits per heavy atom. The van der Waals surface area contributed by atoms with Crippen molar-refractivity contribution in [2.45, 2.75) is 38.5 Å². The molecule has 0 amide bonds. The highest BCUT2D eigenvalue weighted by atomic mass is 19.4. The predicted octanol–water partition coefficient (Wildman–Crippen LogP) is 3.77. The molecule has 1 aromatic heterocycles. The van der Waals surface area contributed by atoms with E-state index in [0.29, 0.717) is 0 Å². The number of hydrogen-bond acceptors (Lipinski definition) is 4.